The van der Waals surface area contributed by atoms with Gasteiger partial charge < -0.3 is 19.5 Å². The number of alkyl carbamates (subject to hydrolysis) is 1. The van der Waals surface area contributed by atoms with Crippen LogP contribution in [0.15, 0.2) is 0 Å². The van der Waals surface area contributed by atoms with Crippen LogP contribution in [0, 0.1) is 0 Å². The summed E-state index contributed by atoms with van der Waals surface area (Å²) in [6.07, 6.45) is 5.83. The third-order valence-electron chi connectivity index (χ3n) is 3.49. The molecule has 0 spiro atoms. The zero-order valence-electron chi connectivity index (χ0n) is 14.1. The summed E-state index contributed by atoms with van der Waals surface area (Å²) in [6.45, 7) is 5.73. The van der Waals surface area contributed by atoms with Crippen molar-refractivity contribution in [3.8, 4) is 0 Å². The summed E-state index contributed by atoms with van der Waals surface area (Å²) in [7, 11) is 1.30. The van der Waals surface area contributed by atoms with Gasteiger partial charge in [0.2, 0.25) is 0 Å². The molecule has 0 saturated heterocycles. The van der Waals surface area contributed by atoms with Crippen LogP contribution in [0.2, 0.25) is 0 Å². The minimum absolute atomic E-state index is 0.272. The molecule has 1 saturated carbocycles. The largest absolute Gasteiger partial charge is 0.467 e. The minimum Gasteiger partial charge on any atom is -0.467 e. The van der Waals surface area contributed by atoms with Crippen molar-refractivity contribution in [1.82, 2.24) is 5.32 Å². The number of methoxy groups -OCH3 is 1. The van der Waals surface area contributed by atoms with Crippen LogP contribution >= 0.6 is 0 Å². The number of ether oxygens (including phenoxy) is 3. The van der Waals surface area contributed by atoms with Gasteiger partial charge in [0.25, 0.3) is 0 Å². The predicted molar refractivity (Wildman–Crippen MR) is 82.6 cm³/mol. The van der Waals surface area contributed by atoms with Crippen molar-refractivity contribution in [1.29, 1.82) is 0 Å². The Balaban J connectivity index is 2.39. The molecule has 22 heavy (non-hydrogen) atoms. The van der Waals surface area contributed by atoms with Gasteiger partial charge >= 0.3 is 12.1 Å². The van der Waals surface area contributed by atoms with E-state index in [0.29, 0.717) is 13.0 Å². The highest BCUT2D eigenvalue weighted by Crippen LogP contribution is 2.20. The van der Waals surface area contributed by atoms with E-state index in [4.69, 9.17) is 14.2 Å². The molecule has 0 aromatic carbocycles. The highest BCUT2D eigenvalue weighted by molar-refractivity contribution is 5.81. The van der Waals surface area contributed by atoms with Gasteiger partial charge in [0.15, 0.2) is 0 Å². The summed E-state index contributed by atoms with van der Waals surface area (Å²) < 4.78 is 15.7. The van der Waals surface area contributed by atoms with Crippen molar-refractivity contribution in [3.05, 3.63) is 0 Å². The van der Waals surface area contributed by atoms with Gasteiger partial charge in [-0.2, -0.15) is 0 Å². The van der Waals surface area contributed by atoms with Gasteiger partial charge in [-0.25, -0.2) is 9.59 Å². The van der Waals surface area contributed by atoms with E-state index >= 15 is 0 Å². The highest BCUT2D eigenvalue weighted by atomic mass is 16.6. The molecule has 0 aromatic heterocycles. The lowest BCUT2D eigenvalue weighted by atomic mass is 9.98. The SMILES string of the molecule is COC(=O)[C@@H](CCOC1CCCCC1)NC(=O)OC(C)(C)C. The second-order valence-corrected chi connectivity index (χ2v) is 6.64. The van der Waals surface area contributed by atoms with Crippen molar-refractivity contribution in [2.45, 2.75) is 77.0 Å². The fourth-order valence-corrected chi connectivity index (χ4v) is 2.43. The summed E-state index contributed by atoms with van der Waals surface area (Å²) in [5, 5.41) is 2.55. The minimum atomic E-state index is -0.747. The first kappa shape index (κ1) is 18.7. The van der Waals surface area contributed by atoms with Crippen LogP contribution in [0.4, 0.5) is 4.79 Å². The Morgan fingerprint density at radius 1 is 1.18 bits per heavy atom. The molecule has 1 rings (SSSR count). The molecule has 0 radical (unpaired) electrons. The second kappa shape index (κ2) is 8.98. The van der Waals surface area contributed by atoms with Gasteiger partial charge in [-0.15, -0.1) is 0 Å². The number of carbonyl (C=O) groups is 2. The molecule has 128 valence electrons. The third-order valence-corrected chi connectivity index (χ3v) is 3.49. The molecular formula is C16H29NO5. The maximum absolute atomic E-state index is 11.8. The van der Waals surface area contributed by atoms with Crippen molar-refractivity contribution < 1.29 is 23.8 Å². The number of hydrogen-bond donors (Lipinski definition) is 1. The first-order valence-electron chi connectivity index (χ1n) is 8.01. The molecule has 0 unspecified atom stereocenters. The van der Waals surface area contributed by atoms with Crippen molar-refractivity contribution in [2.75, 3.05) is 13.7 Å². The molecule has 0 aliphatic heterocycles. The maximum atomic E-state index is 11.8. The van der Waals surface area contributed by atoms with Gasteiger partial charge in [-0.1, -0.05) is 19.3 Å². The van der Waals surface area contributed by atoms with E-state index in [2.05, 4.69) is 5.32 Å². The Labute approximate surface area is 132 Å². The molecule has 6 heteroatoms. The fraction of sp³-hybridized carbons (Fsp3) is 0.875. The molecular weight excluding hydrogens is 286 g/mol. The Kier molecular flexibility index (Phi) is 7.65. The van der Waals surface area contributed by atoms with Crippen molar-refractivity contribution >= 4 is 12.1 Å². The van der Waals surface area contributed by atoms with E-state index in [1.54, 1.807) is 20.8 Å². The molecule has 0 aromatic rings. The van der Waals surface area contributed by atoms with Gasteiger partial charge in [0, 0.05) is 13.0 Å². The van der Waals surface area contributed by atoms with Crippen molar-refractivity contribution in [2.24, 2.45) is 0 Å². The number of esters is 1. The zero-order chi connectivity index (χ0) is 16.6. The lowest BCUT2D eigenvalue weighted by Gasteiger charge is -2.24. The van der Waals surface area contributed by atoms with Gasteiger partial charge in [-0.05, 0) is 33.6 Å². The van der Waals surface area contributed by atoms with Gasteiger partial charge in [-0.3, -0.25) is 0 Å². The van der Waals surface area contributed by atoms with Crippen LogP contribution in [-0.2, 0) is 19.0 Å². The molecule has 6 nitrogen and oxygen atoms in total. The van der Waals surface area contributed by atoms with Crippen LogP contribution < -0.4 is 5.32 Å². The molecule has 1 aliphatic rings. The van der Waals surface area contributed by atoms with Crippen LogP contribution in [-0.4, -0.2) is 43.5 Å². The van der Waals surface area contributed by atoms with Crippen molar-refractivity contribution in [3.63, 3.8) is 0 Å². The molecule has 1 atom stereocenters. The molecule has 1 aliphatic carbocycles. The smallest absolute Gasteiger partial charge is 0.408 e. The standard InChI is InChI=1S/C16H29NO5/c1-16(2,3)22-15(19)17-13(14(18)20-4)10-11-21-12-8-6-5-7-9-12/h12-13H,5-11H2,1-4H3,(H,17,19)/t13-/m1/s1. The second-order valence-electron chi connectivity index (χ2n) is 6.64. The average Bonchev–Trinajstić information content (AvgIpc) is 2.44. The normalized spacial score (nSPS) is 17.6. The summed E-state index contributed by atoms with van der Waals surface area (Å²) in [4.78, 5) is 23.5. The topological polar surface area (TPSA) is 73.9 Å². The van der Waals surface area contributed by atoms with Crippen LogP contribution in [0.5, 0.6) is 0 Å². The molecule has 0 heterocycles. The predicted octanol–water partition coefficient (Wildman–Crippen LogP) is 2.79. The number of rotatable bonds is 6. The Hall–Kier alpha value is -1.30. The number of carbonyl (C=O) groups excluding carboxylic acids is 2. The van der Waals surface area contributed by atoms with Gasteiger partial charge in [0.1, 0.15) is 11.6 Å². The molecule has 1 fully saturated rings. The number of nitrogens with one attached hydrogen (secondary N) is 1. The van der Waals surface area contributed by atoms with E-state index < -0.39 is 23.7 Å². The van der Waals surface area contributed by atoms with Gasteiger partial charge in [0.05, 0.1) is 13.2 Å². The Morgan fingerprint density at radius 3 is 2.36 bits per heavy atom. The number of amides is 1. The number of hydrogen-bond acceptors (Lipinski definition) is 5. The zero-order valence-corrected chi connectivity index (χ0v) is 14.1. The molecule has 1 N–H and O–H groups in total. The Bertz CT molecular complexity index is 358. The maximum Gasteiger partial charge on any atom is 0.408 e. The van der Waals surface area contributed by atoms with E-state index in [1.807, 2.05) is 0 Å². The lowest BCUT2D eigenvalue weighted by Crippen LogP contribution is -2.44. The van der Waals surface area contributed by atoms with Crippen LogP contribution in [0.25, 0.3) is 0 Å². The van der Waals surface area contributed by atoms with Crippen LogP contribution in [0.3, 0.4) is 0 Å². The molecule has 1 amide bonds. The van der Waals surface area contributed by atoms with E-state index in [1.165, 1.54) is 26.4 Å². The third kappa shape index (κ3) is 7.64. The highest BCUT2D eigenvalue weighted by Gasteiger charge is 2.25. The van der Waals surface area contributed by atoms with E-state index in [9.17, 15) is 9.59 Å². The molecule has 0 bridgehead atoms. The first-order valence-corrected chi connectivity index (χ1v) is 8.01. The summed E-state index contributed by atoms with van der Waals surface area (Å²) in [5.74, 6) is -0.488. The fourth-order valence-electron chi connectivity index (χ4n) is 2.43. The monoisotopic (exact) mass is 315 g/mol. The Morgan fingerprint density at radius 2 is 1.82 bits per heavy atom. The van der Waals surface area contributed by atoms with E-state index in [0.717, 1.165) is 12.8 Å². The summed E-state index contributed by atoms with van der Waals surface area (Å²) >= 11 is 0. The quantitative estimate of drug-likeness (QED) is 0.763. The summed E-state index contributed by atoms with van der Waals surface area (Å²) in [5.41, 5.74) is -0.608. The lowest BCUT2D eigenvalue weighted by molar-refractivity contribution is -0.143. The van der Waals surface area contributed by atoms with Crippen LogP contribution in [0.1, 0.15) is 59.3 Å². The summed E-state index contributed by atoms with van der Waals surface area (Å²) in [6, 6.07) is -0.747. The van der Waals surface area contributed by atoms with E-state index in [-0.39, 0.29) is 6.10 Å². The first-order chi connectivity index (χ1) is 10.3. The average molecular weight is 315 g/mol.